The Bertz CT molecular complexity index is 251. The van der Waals surface area contributed by atoms with Gasteiger partial charge < -0.3 is 5.32 Å². The summed E-state index contributed by atoms with van der Waals surface area (Å²) in [6, 6.07) is 0. The number of hydrogen-bond acceptors (Lipinski definition) is 3. The van der Waals surface area contributed by atoms with Crippen LogP contribution in [0.5, 0.6) is 0 Å². The summed E-state index contributed by atoms with van der Waals surface area (Å²) >= 11 is 0. The molecule has 1 saturated heterocycles. The first kappa shape index (κ1) is 10.9. The quantitative estimate of drug-likeness (QED) is 0.671. The summed E-state index contributed by atoms with van der Waals surface area (Å²) in [6.45, 7) is 4.74. The molecule has 1 fully saturated rings. The maximum Gasteiger partial charge on any atom is 0.208 e. The van der Waals surface area contributed by atoms with Crippen molar-refractivity contribution in [3.63, 3.8) is 0 Å². The van der Waals surface area contributed by atoms with Gasteiger partial charge in [-0.25, -0.2) is 13.1 Å². The van der Waals surface area contributed by atoms with Crippen molar-refractivity contribution < 1.29 is 8.42 Å². The van der Waals surface area contributed by atoms with E-state index in [0.717, 1.165) is 19.5 Å². The lowest BCUT2D eigenvalue weighted by molar-refractivity contribution is 0.274. The van der Waals surface area contributed by atoms with E-state index in [-0.39, 0.29) is 0 Å². The van der Waals surface area contributed by atoms with E-state index in [0.29, 0.717) is 18.4 Å². The summed E-state index contributed by atoms with van der Waals surface area (Å²) in [4.78, 5) is 0. The number of sulfonamides is 1. The van der Waals surface area contributed by atoms with Gasteiger partial charge in [0.2, 0.25) is 10.0 Å². The molecule has 1 aliphatic rings. The van der Waals surface area contributed by atoms with E-state index in [1.165, 1.54) is 6.26 Å². The van der Waals surface area contributed by atoms with Gasteiger partial charge in [0.15, 0.2) is 0 Å². The Labute approximate surface area is 80.1 Å². The molecule has 2 unspecified atom stereocenters. The van der Waals surface area contributed by atoms with E-state index in [1.807, 2.05) is 0 Å². The smallest absolute Gasteiger partial charge is 0.208 e. The highest BCUT2D eigenvalue weighted by Gasteiger charge is 2.21. The Morgan fingerprint density at radius 2 is 2.23 bits per heavy atom. The van der Waals surface area contributed by atoms with Crippen LogP contribution in [0.3, 0.4) is 0 Å². The van der Waals surface area contributed by atoms with Gasteiger partial charge in [-0.15, -0.1) is 0 Å². The molecule has 0 aliphatic carbocycles. The summed E-state index contributed by atoms with van der Waals surface area (Å²) in [6.07, 6.45) is 2.27. The molecule has 13 heavy (non-hydrogen) atoms. The summed E-state index contributed by atoms with van der Waals surface area (Å²) in [5, 5.41) is 3.28. The van der Waals surface area contributed by atoms with Gasteiger partial charge in [-0.2, -0.15) is 0 Å². The van der Waals surface area contributed by atoms with Crippen molar-refractivity contribution in [3.05, 3.63) is 0 Å². The molecule has 0 radical (unpaired) electrons. The van der Waals surface area contributed by atoms with Gasteiger partial charge in [0.1, 0.15) is 0 Å². The van der Waals surface area contributed by atoms with Crippen molar-refractivity contribution >= 4 is 10.0 Å². The van der Waals surface area contributed by atoms with E-state index in [1.54, 1.807) is 0 Å². The first-order valence-corrected chi connectivity index (χ1v) is 6.53. The van der Waals surface area contributed by atoms with Crippen LogP contribution < -0.4 is 10.0 Å². The molecule has 1 heterocycles. The molecular formula is C8H18N2O2S. The van der Waals surface area contributed by atoms with Crippen molar-refractivity contribution in [3.8, 4) is 0 Å². The van der Waals surface area contributed by atoms with Gasteiger partial charge in [-0.1, -0.05) is 6.92 Å². The second-order valence-electron chi connectivity index (χ2n) is 3.85. The average Bonchev–Trinajstić information content (AvgIpc) is 2.01. The van der Waals surface area contributed by atoms with E-state index >= 15 is 0 Å². The molecule has 78 valence electrons. The first-order valence-electron chi connectivity index (χ1n) is 4.64. The zero-order valence-corrected chi connectivity index (χ0v) is 9.02. The number of nitrogens with one attached hydrogen (secondary N) is 2. The predicted molar refractivity (Wildman–Crippen MR) is 53.0 cm³/mol. The lowest BCUT2D eigenvalue weighted by atomic mass is 9.88. The van der Waals surface area contributed by atoms with Crippen molar-refractivity contribution in [2.45, 2.75) is 13.3 Å². The third-order valence-corrected chi connectivity index (χ3v) is 3.26. The highest BCUT2D eigenvalue weighted by Crippen LogP contribution is 2.17. The van der Waals surface area contributed by atoms with Crippen LogP contribution in [-0.2, 0) is 10.0 Å². The third-order valence-electron chi connectivity index (χ3n) is 2.57. The zero-order valence-electron chi connectivity index (χ0n) is 8.21. The first-order chi connectivity index (χ1) is 5.99. The van der Waals surface area contributed by atoms with Gasteiger partial charge in [-0.05, 0) is 31.3 Å². The summed E-state index contributed by atoms with van der Waals surface area (Å²) < 4.78 is 24.3. The molecular weight excluding hydrogens is 188 g/mol. The molecule has 0 bridgehead atoms. The number of rotatable bonds is 3. The van der Waals surface area contributed by atoms with Crippen LogP contribution >= 0.6 is 0 Å². The molecule has 2 N–H and O–H groups in total. The highest BCUT2D eigenvalue weighted by molar-refractivity contribution is 7.88. The van der Waals surface area contributed by atoms with Crippen molar-refractivity contribution in [1.82, 2.24) is 10.0 Å². The molecule has 0 aromatic carbocycles. The van der Waals surface area contributed by atoms with Crippen molar-refractivity contribution in [2.75, 3.05) is 25.9 Å². The monoisotopic (exact) mass is 206 g/mol. The number of piperidine rings is 1. The Morgan fingerprint density at radius 3 is 2.77 bits per heavy atom. The largest absolute Gasteiger partial charge is 0.316 e. The summed E-state index contributed by atoms with van der Waals surface area (Å²) in [5.41, 5.74) is 0. The minimum Gasteiger partial charge on any atom is -0.316 e. The van der Waals surface area contributed by atoms with Crippen molar-refractivity contribution in [1.29, 1.82) is 0 Å². The second-order valence-corrected chi connectivity index (χ2v) is 5.68. The molecule has 5 heteroatoms. The van der Waals surface area contributed by atoms with E-state index in [4.69, 9.17) is 0 Å². The fourth-order valence-corrected chi connectivity index (χ4v) is 2.15. The Morgan fingerprint density at radius 1 is 1.54 bits per heavy atom. The van der Waals surface area contributed by atoms with Gasteiger partial charge in [0, 0.05) is 6.54 Å². The van der Waals surface area contributed by atoms with Crippen LogP contribution in [-0.4, -0.2) is 34.3 Å². The Balaban J connectivity index is 2.35. The molecule has 0 spiro atoms. The van der Waals surface area contributed by atoms with Gasteiger partial charge in [0.25, 0.3) is 0 Å². The van der Waals surface area contributed by atoms with Crippen LogP contribution in [0.15, 0.2) is 0 Å². The van der Waals surface area contributed by atoms with Crippen LogP contribution in [0.4, 0.5) is 0 Å². The fourth-order valence-electron chi connectivity index (χ4n) is 1.63. The van der Waals surface area contributed by atoms with Crippen LogP contribution in [0.1, 0.15) is 13.3 Å². The SMILES string of the molecule is CC1CNCCC1CNS(C)(=O)=O. The van der Waals surface area contributed by atoms with Gasteiger partial charge in [-0.3, -0.25) is 0 Å². The predicted octanol–water partition coefficient (Wildman–Crippen LogP) is -0.219. The van der Waals surface area contributed by atoms with E-state index in [2.05, 4.69) is 17.0 Å². The number of hydrogen-bond donors (Lipinski definition) is 2. The minimum absolute atomic E-state index is 0.482. The lowest BCUT2D eigenvalue weighted by Gasteiger charge is -2.29. The minimum atomic E-state index is -3.02. The van der Waals surface area contributed by atoms with E-state index < -0.39 is 10.0 Å². The molecule has 0 saturated carbocycles. The maximum absolute atomic E-state index is 10.9. The van der Waals surface area contributed by atoms with Crippen molar-refractivity contribution in [2.24, 2.45) is 11.8 Å². The Hall–Kier alpha value is -0.130. The fraction of sp³-hybridized carbons (Fsp3) is 1.00. The van der Waals surface area contributed by atoms with Crippen LogP contribution in [0.2, 0.25) is 0 Å². The maximum atomic E-state index is 10.9. The molecule has 4 nitrogen and oxygen atoms in total. The topological polar surface area (TPSA) is 58.2 Å². The molecule has 0 amide bonds. The molecule has 0 aromatic heterocycles. The van der Waals surface area contributed by atoms with E-state index in [9.17, 15) is 8.42 Å². The highest BCUT2D eigenvalue weighted by atomic mass is 32.2. The summed E-state index contributed by atoms with van der Waals surface area (Å²) in [7, 11) is -3.02. The zero-order chi connectivity index (χ0) is 9.90. The second kappa shape index (κ2) is 4.39. The normalized spacial score (nSPS) is 30.3. The van der Waals surface area contributed by atoms with Gasteiger partial charge >= 0.3 is 0 Å². The standard InChI is InChI=1S/C8H18N2O2S/c1-7-5-9-4-3-8(7)6-10-13(2,11)12/h7-10H,3-6H2,1-2H3. The molecule has 1 aliphatic heterocycles. The van der Waals surface area contributed by atoms with Crippen LogP contribution in [0.25, 0.3) is 0 Å². The lowest BCUT2D eigenvalue weighted by Crippen LogP contribution is -2.40. The molecule has 0 aromatic rings. The summed E-state index contributed by atoms with van der Waals surface area (Å²) in [5.74, 6) is 1.04. The third kappa shape index (κ3) is 4.06. The average molecular weight is 206 g/mol. The Kier molecular flexibility index (Phi) is 3.70. The van der Waals surface area contributed by atoms with Crippen LogP contribution in [0, 0.1) is 11.8 Å². The molecule has 1 rings (SSSR count). The molecule has 2 atom stereocenters. The van der Waals surface area contributed by atoms with Gasteiger partial charge in [0.05, 0.1) is 6.26 Å².